The second kappa shape index (κ2) is 10.1. The number of hydrogen-bond acceptors (Lipinski definition) is 7. The summed E-state index contributed by atoms with van der Waals surface area (Å²) in [5.41, 5.74) is 1.58. The molecule has 0 radical (unpaired) electrons. The maximum Gasteiger partial charge on any atom is 0.339 e. The van der Waals surface area contributed by atoms with Crippen molar-refractivity contribution in [2.45, 2.75) is 32.3 Å². The molecule has 0 N–H and O–H groups in total. The van der Waals surface area contributed by atoms with Gasteiger partial charge in [0, 0.05) is 11.1 Å². The van der Waals surface area contributed by atoms with Crippen LogP contribution in [-0.4, -0.2) is 38.9 Å². The van der Waals surface area contributed by atoms with Crippen molar-refractivity contribution >= 4 is 17.5 Å². The van der Waals surface area contributed by atoms with E-state index in [2.05, 4.69) is 0 Å². The SMILES string of the molecule is CCCCC(OC(=O)c1cc(OC)c(OC)c(OC)c1)c1ccc2c(c1)C(=O)C=CC2=O. The molecule has 2 aromatic carbocycles. The number of methoxy groups -OCH3 is 3. The third kappa shape index (κ3) is 4.66. The molecule has 1 aliphatic carbocycles. The van der Waals surface area contributed by atoms with Crippen LogP contribution in [0.25, 0.3) is 0 Å². The quantitative estimate of drug-likeness (QED) is 0.523. The standard InChI is InChI=1S/C25H26O7/c1-5-6-7-21(15-8-9-17-18(12-15)20(27)11-10-19(17)26)32-25(28)16-13-22(29-2)24(31-4)23(14-16)30-3/h8-14,21H,5-7H2,1-4H3. The predicted molar refractivity (Wildman–Crippen MR) is 118 cm³/mol. The van der Waals surface area contributed by atoms with Gasteiger partial charge in [-0.05, 0) is 54.8 Å². The Hall–Kier alpha value is -3.61. The molecule has 7 nitrogen and oxygen atoms in total. The Labute approximate surface area is 186 Å². The highest BCUT2D eigenvalue weighted by atomic mass is 16.5. The van der Waals surface area contributed by atoms with E-state index in [1.54, 1.807) is 18.2 Å². The third-order valence-electron chi connectivity index (χ3n) is 5.30. The molecule has 0 bridgehead atoms. The van der Waals surface area contributed by atoms with E-state index < -0.39 is 12.1 Å². The molecule has 2 aromatic rings. The molecule has 0 saturated carbocycles. The summed E-state index contributed by atoms with van der Waals surface area (Å²) in [6, 6.07) is 8.04. The minimum absolute atomic E-state index is 0.217. The summed E-state index contributed by atoms with van der Waals surface area (Å²) in [4.78, 5) is 37.4. The van der Waals surface area contributed by atoms with Gasteiger partial charge in [-0.15, -0.1) is 0 Å². The van der Waals surface area contributed by atoms with Crippen molar-refractivity contribution < 1.29 is 33.3 Å². The maximum absolute atomic E-state index is 13.0. The summed E-state index contributed by atoms with van der Waals surface area (Å²) in [6.07, 6.45) is 4.24. The van der Waals surface area contributed by atoms with Gasteiger partial charge in [0.15, 0.2) is 23.1 Å². The van der Waals surface area contributed by atoms with Crippen molar-refractivity contribution in [1.82, 2.24) is 0 Å². The second-order valence-electron chi connectivity index (χ2n) is 7.32. The summed E-state index contributed by atoms with van der Waals surface area (Å²) >= 11 is 0. The topological polar surface area (TPSA) is 88.1 Å². The van der Waals surface area contributed by atoms with Crippen LogP contribution in [0.15, 0.2) is 42.5 Å². The van der Waals surface area contributed by atoms with Crippen LogP contribution in [0.4, 0.5) is 0 Å². The van der Waals surface area contributed by atoms with E-state index in [1.165, 1.54) is 45.6 Å². The Kier molecular flexibility index (Phi) is 7.30. The van der Waals surface area contributed by atoms with E-state index in [4.69, 9.17) is 18.9 Å². The van der Waals surface area contributed by atoms with Crippen LogP contribution in [0.2, 0.25) is 0 Å². The molecule has 0 heterocycles. The van der Waals surface area contributed by atoms with E-state index in [-0.39, 0.29) is 17.1 Å². The van der Waals surface area contributed by atoms with Crippen LogP contribution in [0.5, 0.6) is 17.2 Å². The van der Waals surface area contributed by atoms with Gasteiger partial charge in [0.05, 0.1) is 26.9 Å². The molecule has 0 amide bonds. The Morgan fingerprint density at radius 3 is 2.06 bits per heavy atom. The first kappa shape index (κ1) is 23.1. The van der Waals surface area contributed by atoms with Crippen LogP contribution in [0.3, 0.4) is 0 Å². The molecule has 32 heavy (non-hydrogen) atoms. The molecule has 3 rings (SSSR count). The van der Waals surface area contributed by atoms with Crippen molar-refractivity contribution in [3.05, 3.63) is 64.7 Å². The predicted octanol–water partition coefficient (Wildman–Crippen LogP) is 4.74. The fraction of sp³-hybridized carbons (Fsp3) is 0.320. The van der Waals surface area contributed by atoms with Gasteiger partial charge in [-0.3, -0.25) is 9.59 Å². The van der Waals surface area contributed by atoms with E-state index >= 15 is 0 Å². The van der Waals surface area contributed by atoms with Gasteiger partial charge in [0.2, 0.25) is 5.75 Å². The molecule has 0 aliphatic heterocycles. The van der Waals surface area contributed by atoms with Gasteiger partial charge < -0.3 is 18.9 Å². The molecule has 0 fully saturated rings. The summed E-state index contributed by atoms with van der Waals surface area (Å²) in [6.45, 7) is 2.04. The molecular weight excluding hydrogens is 412 g/mol. The lowest BCUT2D eigenvalue weighted by molar-refractivity contribution is 0.0270. The third-order valence-corrected chi connectivity index (χ3v) is 5.30. The van der Waals surface area contributed by atoms with Gasteiger partial charge in [0.25, 0.3) is 0 Å². The molecule has 0 spiro atoms. The van der Waals surface area contributed by atoms with Crippen molar-refractivity contribution in [2.24, 2.45) is 0 Å². The Balaban J connectivity index is 1.93. The van der Waals surface area contributed by atoms with Crippen LogP contribution in [0.1, 0.15) is 68.9 Å². The maximum atomic E-state index is 13.0. The molecular formula is C25H26O7. The lowest BCUT2D eigenvalue weighted by Gasteiger charge is -2.21. The number of fused-ring (bicyclic) bond motifs is 1. The number of ketones is 2. The van der Waals surface area contributed by atoms with Crippen molar-refractivity contribution in [3.8, 4) is 17.2 Å². The van der Waals surface area contributed by atoms with Crippen LogP contribution < -0.4 is 14.2 Å². The van der Waals surface area contributed by atoms with Gasteiger partial charge in [-0.25, -0.2) is 4.79 Å². The molecule has 7 heteroatoms. The summed E-state index contributed by atoms with van der Waals surface area (Å²) < 4.78 is 21.8. The van der Waals surface area contributed by atoms with Crippen molar-refractivity contribution in [3.63, 3.8) is 0 Å². The normalized spacial score (nSPS) is 13.4. The molecule has 1 unspecified atom stereocenters. The first-order chi connectivity index (χ1) is 15.4. The van der Waals surface area contributed by atoms with Crippen molar-refractivity contribution in [2.75, 3.05) is 21.3 Å². The fourth-order valence-corrected chi connectivity index (χ4v) is 3.59. The monoisotopic (exact) mass is 438 g/mol. The average Bonchev–Trinajstić information content (AvgIpc) is 2.82. The number of benzene rings is 2. The van der Waals surface area contributed by atoms with Crippen LogP contribution in [-0.2, 0) is 4.74 Å². The van der Waals surface area contributed by atoms with E-state index in [9.17, 15) is 14.4 Å². The number of ether oxygens (including phenoxy) is 4. The minimum atomic E-state index is -0.583. The number of esters is 1. The summed E-state index contributed by atoms with van der Waals surface area (Å²) in [5, 5.41) is 0. The number of carbonyl (C=O) groups excluding carboxylic acids is 3. The Bertz CT molecular complexity index is 1040. The van der Waals surface area contributed by atoms with Crippen LogP contribution in [0, 0.1) is 0 Å². The first-order valence-corrected chi connectivity index (χ1v) is 10.3. The van der Waals surface area contributed by atoms with Crippen molar-refractivity contribution in [1.29, 1.82) is 0 Å². The first-order valence-electron chi connectivity index (χ1n) is 10.3. The number of rotatable bonds is 9. The molecule has 0 saturated heterocycles. The average molecular weight is 438 g/mol. The zero-order valence-electron chi connectivity index (χ0n) is 18.6. The number of unbranched alkanes of at least 4 members (excludes halogenated alkanes) is 1. The molecule has 1 aliphatic rings. The highest BCUT2D eigenvalue weighted by molar-refractivity contribution is 6.22. The molecule has 1 atom stereocenters. The van der Waals surface area contributed by atoms with E-state index in [0.717, 1.165) is 12.8 Å². The minimum Gasteiger partial charge on any atom is -0.493 e. The smallest absolute Gasteiger partial charge is 0.339 e. The second-order valence-corrected chi connectivity index (χ2v) is 7.32. The Morgan fingerprint density at radius 1 is 0.875 bits per heavy atom. The highest BCUT2D eigenvalue weighted by Gasteiger charge is 2.25. The van der Waals surface area contributed by atoms with Gasteiger partial charge in [0.1, 0.15) is 6.10 Å². The summed E-state index contributed by atoms with van der Waals surface area (Å²) in [7, 11) is 4.42. The van der Waals surface area contributed by atoms with Crippen LogP contribution >= 0.6 is 0 Å². The zero-order chi connectivity index (χ0) is 23.3. The van der Waals surface area contributed by atoms with Gasteiger partial charge in [-0.1, -0.05) is 19.4 Å². The highest BCUT2D eigenvalue weighted by Crippen LogP contribution is 2.39. The lowest BCUT2D eigenvalue weighted by Crippen LogP contribution is -2.16. The molecule has 0 aromatic heterocycles. The largest absolute Gasteiger partial charge is 0.493 e. The fourth-order valence-electron chi connectivity index (χ4n) is 3.59. The zero-order valence-corrected chi connectivity index (χ0v) is 18.6. The lowest BCUT2D eigenvalue weighted by atomic mass is 9.91. The molecule has 168 valence electrons. The number of allylic oxidation sites excluding steroid dienone is 2. The van der Waals surface area contributed by atoms with E-state index in [0.29, 0.717) is 40.4 Å². The van der Waals surface area contributed by atoms with E-state index in [1.807, 2.05) is 6.92 Å². The Morgan fingerprint density at radius 2 is 1.50 bits per heavy atom. The summed E-state index contributed by atoms with van der Waals surface area (Å²) in [5.74, 6) is 0.0323. The number of carbonyl (C=O) groups is 3. The van der Waals surface area contributed by atoms with Gasteiger partial charge in [-0.2, -0.15) is 0 Å². The number of hydrogen-bond donors (Lipinski definition) is 0. The van der Waals surface area contributed by atoms with Gasteiger partial charge >= 0.3 is 5.97 Å².